The van der Waals surface area contributed by atoms with Crippen molar-refractivity contribution in [1.82, 2.24) is 0 Å². The number of imide groups is 1. The SMILES string of the molecule is O=C(O)c1scc2c1C(=O)N(c1cc(S(=O)(=O)Cc3ccccc3F)ccc1F)C(=O)C2. The van der Waals surface area contributed by atoms with Gasteiger partial charge >= 0.3 is 5.97 Å². The molecular weight excluding hydrogens is 464 g/mol. The summed E-state index contributed by atoms with van der Waals surface area (Å²) in [6, 6.07) is 7.81. The van der Waals surface area contributed by atoms with Gasteiger partial charge in [0.1, 0.15) is 16.5 Å². The van der Waals surface area contributed by atoms with Crippen LogP contribution in [-0.2, 0) is 26.8 Å². The van der Waals surface area contributed by atoms with E-state index >= 15 is 0 Å². The Labute approximate surface area is 184 Å². The molecule has 4 rings (SSSR count). The van der Waals surface area contributed by atoms with Gasteiger partial charge in [0.2, 0.25) is 5.91 Å². The summed E-state index contributed by atoms with van der Waals surface area (Å²) in [5.41, 5.74) is -0.746. The maximum absolute atomic E-state index is 14.6. The van der Waals surface area contributed by atoms with E-state index in [0.29, 0.717) is 4.90 Å². The van der Waals surface area contributed by atoms with Crippen LogP contribution in [0.3, 0.4) is 0 Å². The van der Waals surface area contributed by atoms with Crippen molar-refractivity contribution in [2.75, 3.05) is 4.90 Å². The Morgan fingerprint density at radius 2 is 1.81 bits per heavy atom. The van der Waals surface area contributed by atoms with Crippen LogP contribution in [0.4, 0.5) is 14.5 Å². The molecule has 164 valence electrons. The molecule has 0 fully saturated rings. The molecule has 1 aliphatic rings. The summed E-state index contributed by atoms with van der Waals surface area (Å²) >= 11 is 0.766. The highest BCUT2D eigenvalue weighted by atomic mass is 32.2. The molecule has 0 saturated carbocycles. The van der Waals surface area contributed by atoms with Crippen LogP contribution in [0.15, 0.2) is 52.7 Å². The predicted molar refractivity (Wildman–Crippen MR) is 110 cm³/mol. The summed E-state index contributed by atoms with van der Waals surface area (Å²) in [6.45, 7) is 0. The number of amides is 2. The Morgan fingerprint density at radius 3 is 2.50 bits per heavy atom. The topological polar surface area (TPSA) is 109 Å². The number of hydrogen-bond donors (Lipinski definition) is 1. The van der Waals surface area contributed by atoms with E-state index in [0.717, 1.165) is 35.6 Å². The van der Waals surface area contributed by atoms with Crippen LogP contribution in [0.5, 0.6) is 0 Å². The van der Waals surface area contributed by atoms with Crippen LogP contribution >= 0.6 is 11.3 Å². The average Bonchev–Trinajstić information content (AvgIpc) is 3.15. The van der Waals surface area contributed by atoms with Gasteiger partial charge in [-0.1, -0.05) is 18.2 Å². The van der Waals surface area contributed by atoms with E-state index in [-0.39, 0.29) is 28.0 Å². The second-order valence-corrected chi connectivity index (χ2v) is 9.81. The first kappa shape index (κ1) is 21.8. The number of carboxylic acid groups (broad SMARTS) is 1. The van der Waals surface area contributed by atoms with E-state index in [4.69, 9.17) is 0 Å². The van der Waals surface area contributed by atoms with Crippen molar-refractivity contribution in [3.63, 3.8) is 0 Å². The average molecular weight is 477 g/mol. The number of fused-ring (bicyclic) bond motifs is 1. The fraction of sp³-hybridized carbons (Fsp3) is 0.0952. The van der Waals surface area contributed by atoms with Crippen molar-refractivity contribution in [1.29, 1.82) is 0 Å². The van der Waals surface area contributed by atoms with E-state index in [1.807, 2.05) is 0 Å². The molecule has 0 unspecified atom stereocenters. The Morgan fingerprint density at radius 1 is 1.09 bits per heavy atom. The number of benzene rings is 2. The Bertz CT molecular complexity index is 1400. The molecule has 1 aliphatic heterocycles. The molecule has 0 radical (unpaired) electrons. The first-order valence-electron chi connectivity index (χ1n) is 9.07. The van der Waals surface area contributed by atoms with Crippen LogP contribution in [0, 0.1) is 11.6 Å². The summed E-state index contributed by atoms with van der Waals surface area (Å²) in [7, 11) is -4.17. The van der Waals surface area contributed by atoms with Crippen LogP contribution in [0.1, 0.15) is 31.2 Å². The maximum Gasteiger partial charge on any atom is 0.346 e. The van der Waals surface area contributed by atoms with Gasteiger partial charge in [-0.05, 0) is 35.2 Å². The van der Waals surface area contributed by atoms with E-state index in [1.54, 1.807) is 0 Å². The van der Waals surface area contributed by atoms with Crippen molar-refractivity contribution >= 4 is 44.6 Å². The quantitative estimate of drug-likeness (QED) is 0.446. The molecule has 0 spiro atoms. The lowest BCUT2D eigenvalue weighted by atomic mass is 10.0. The predicted octanol–water partition coefficient (Wildman–Crippen LogP) is 3.43. The summed E-state index contributed by atoms with van der Waals surface area (Å²) < 4.78 is 54.2. The summed E-state index contributed by atoms with van der Waals surface area (Å²) in [5.74, 6) is -5.76. The lowest BCUT2D eigenvalue weighted by Crippen LogP contribution is -2.43. The molecule has 0 saturated heterocycles. The second-order valence-electron chi connectivity index (χ2n) is 6.95. The molecular formula is C21H13F2NO6S2. The van der Waals surface area contributed by atoms with Crippen molar-refractivity contribution in [3.8, 4) is 0 Å². The Hall–Kier alpha value is -3.44. The molecule has 11 heteroatoms. The number of halogens is 2. The molecule has 0 bridgehead atoms. The van der Waals surface area contributed by atoms with Crippen molar-refractivity contribution in [2.45, 2.75) is 17.1 Å². The first-order valence-corrected chi connectivity index (χ1v) is 11.6. The van der Waals surface area contributed by atoms with E-state index < -0.39 is 55.6 Å². The van der Waals surface area contributed by atoms with Gasteiger partial charge in [0, 0.05) is 5.56 Å². The maximum atomic E-state index is 14.6. The zero-order chi connectivity index (χ0) is 23.2. The van der Waals surface area contributed by atoms with Gasteiger partial charge in [0.15, 0.2) is 9.84 Å². The monoisotopic (exact) mass is 477 g/mol. The van der Waals surface area contributed by atoms with Gasteiger partial charge in [-0.25, -0.2) is 26.9 Å². The zero-order valence-corrected chi connectivity index (χ0v) is 17.7. The summed E-state index contributed by atoms with van der Waals surface area (Å²) in [5, 5.41) is 10.7. The molecule has 7 nitrogen and oxygen atoms in total. The number of rotatable bonds is 5. The highest BCUT2D eigenvalue weighted by Crippen LogP contribution is 2.34. The number of carbonyl (C=O) groups is 3. The van der Waals surface area contributed by atoms with Crippen LogP contribution in [0.2, 0.25) is 0 Å². The number of thiophene rings is 1. The number of carbonyl (C=O) groups excluding carboxylic acids is 2. The number of aromatic carboxylic acids is 1. The molecule has 2 amide bonds. The van der Waals surface area contributed by atoms with E-state index in [9.17, 15) is 36.7 Å². The van der Waals surface area contributed by atoms with Crippen molar-refractivity contribution < 1.29 is 36.7 Å². The third kappa shape index (κ3) is 3.69. The molecule has 0 atom stereocenters. The third-order valence-electron chi connectivity index (χ3n) is 4.89. The number of carboxylic acids is 1. The smallest absolute Gasteiger partial charge is 0.346 e. The largest absolute Gasteiger partial charge is 0.477 e. The highest BCUT2D eigenvalue weighted by molar-refractivity contribution is 7.90. The standard InChI is InChI=1S/C21H13F2NO6S2/c22-14-4-2-1-3-11(14)10-32(29,30)13-5-6-15(23)16(8-13)24-17(25)7-12-9-31-19(21(27)28)18(12)20(24)26/h1-6,8-9H,7,10H2,(H,27,28). The molecule has 3 aromatic rings. The Balaban J connectivity index is 1.77. The second kappa shape index (κ2) is 7.92. The minimum Gasteiger partial charge on any atom is -0.477 e. The normalized spacial score (nSPS) is 13.9. The number of anilines is 1. The minimum absolute atomic E-state index is 0.0995. The van der Waals surface area contributed by atoms with Gasteiger partial charge in [0.25, 0.3) is 5.91 Å². The summed E-state index contributed by atoms with van der Waals surface area (Å²) in [6.07, 6.45) is -0.351. The zero-order valence-electron chi connectivity index (χ0n) is 16.0. The molecule has 2 aromatic carbocycles. The van der Waals surface area contributed by atoms with Gasteiger partial charge in [-0.2, -0.15) is 0 Å². The lowest BCUT2D eigenvalue weighted by Gasteiger charge is -2.26. The number of nitrogens with zero attached hydrogens (tertiary/aromatic N) is 1. The molecule has 0 aliphatic carbocycles. The fourth-order valence-electron chi connectivity index (χ4n) is 3.39. The highest BCUT2D eigenvalue weighted by Gasteiger charge is 2.38. The van der Waals surface area contributed by atoms with Gasteiger partial charge < -0.3 is 5.11 Å². The van der Waals surface area contributed by atoms with Crippen molar-refractivity contribution in [3.05, 3.63) is 81.0 Å². The van der Waals surface area contributed by atoms with Gasteiger partial charge in [0.05, 0.1) is 28.3 Å². The van der Waals surface area contributed by atoms with Gasteiger partial charge in [-0.3, -0.25) is 9.59 Å². The molecule has 1 N–H and O–H groups in total. The molecule has 32 heavy (non-hydrogen) atoms. The molecule has 1 aromatic heterocycles. The summed E-state index contributed by atoms with van der Waals surface area (Å²) in [4.78, 5) is 36.7. The van der Waals surface area contributed by atoms with E-state index in [2.05, 4.69) is 0 Å². The first-order chi connectivity index (χ1) is 15.1. The van der Waals surface area contributed by atoms with E-state index in [1.165, 1.54) is 23.6 Å². The fourth-order valence-corrected chi connectivity index (χ4v) is 5.66. The molecule has 2 heterocycles. The van der Waals surface area contributed by atoms with Crippen LogP contribution < -0.4 is 4.90 Å². The number of hydrogen-bond acceptors (Lipinski definition) is 6. The van der Waals surface area contributed by atoms with Crippen LogP contribution in [-0.4, -0.2) is 31.3 Å². The van der Waals surface area contributed by atoms with Crippen molar-refractivity contribution in [2.24, 2.45) is 0 Å². The Kier molecular flexibility index (Phi) is 5.39. The minimum atomic E-state index is -4.17. The van der Waals surface area contributed by atoms with Gasteiger partial charge in [-0.15, -0.1) is 11.3 Å². The number of sulfone groups is 1. The van der Waals surface area contributed by atoms with Crippen LogP contribution in [0.25, 0.3) is 0 Å². The third-order valence-corrected chi connectivity index (χ3v) is 7.57. The lowest BCUT2D eigenvalue weighted by molar-refractivity contribution is -0.117.